The number of carbonyl (C=O) groups is 2. The Bertz CT molecular complexity index is 437. The van der Waals surface area contributed by atoms with E-state index >= 15 is 0 Å². The summed E-state index contributed by atoms with van der Waals surface area (Å²) in [7, 11) is -3.50. The minimum atomic E-state index is -3.50. The van der Waals surface area contributed by atoms with Crippen molar-refractivity contribution in [2.24, 2.45) is 0 Å². The number of hydrogen-bond donors (Lipinski definition) is 2. The Hall–Kier alpha value is -0.760. The molecule has 1 heterocycles. The van der Waals surface area contributed by atoms with Crippen LogP contribution in [-0.2, 0) is 19.4 Å². The van der Waals surface area contributed by atoms with Crippen LogP contribution in [-0.4, -0.2) is 53.4 Å². The molecule has 0 aromatic carbocycles. The minimum absolute atomic E-state index is 0.274. The third kappa shape index (κ3) is 3.38. The minimum Gasteiger partial charge on any atom is -0.479 e. The second-order valence-electron chi connectivity index (χ2n) is 4.59. The number of carbonyl (C=O) groups excluding carboxylic acids is 1. The highest BCUT2D eigenvalue weighted by Crippen LogP contribution is 2.28. The lowest BCUT2D eigenvalue weighted by Crippen LogP contribution is -2.56. The zero-order chi connectivity index (χ0) is 14.0. The molecule has 1 atom stereocenters. The molecule has 18 heavy (non-hydrogen) atoms. The van der Waals surface area contributed by atoms with E-state index in [1.54, 1.807) is 0 Å². The molecule has 1 amide bonds. The Labute approximate surface area is 110 Å². The van der Waals surface area contributed by atoms with Crippen molar-refractivity contribution in [3.63, 3.8) is 0 Å². The maximum Gasteiger partial charge on any atom is 0.330 e. The molecule has 0 radical (unpaired) electrons. The van der Waals surface area contributed by atoms with Gasteiger partial charge in [-0.3, -0.25) is 4.79 Å². The van der Waals surface area contributed by atoms with Crippen LogP contribution < -0.4 is 5.32 Å². The van der Waals surface area contributed by atoms with Gasteiger partial charge in [-0.1, -0.05) is 0 Å². The number of thioether (sulfide) groups is 1. The zero-order valence-electron chi connectivity index (χ0n) is 10.3. The molecule has 6 nitrogen and oxygen atoms in total. The lowest BCUT2D eigenvalue weighted by molar-refractivity contribution is -0.146. The smallest absolute Gasteiger partial charge is 0.330 e. The number of carboxylic acid groups (broad SMARTS) is 1. The molecule has 0 bridgehead atoms. The molecule has 1 saturated heterocycles. The van der Waals surface area contributed by atoms with Gasteiger partial charge in [0.15, 0.2) is 9.84 Å². The van der Waals surface area contributed by atoms with Crippen molar-refractivity contribution >= 4 is 33.5 Å². The lowest BCUT2D eigenvalue weighted by Gasteiger charge is -2.24. The first-order valence-electron chi connectivity index (χ1n) is 5.53. The molecular weight excluding hydrogens is 278 g/mol. The Balaban J connectivity index is 2.73. The Morgan fingerprint density at radius 2 is 2.06 bits per heavy atom. The fraction of sp³-hybridized carbons (Fsp3) is 0.800. The van der Waals surface area contributed by atoms with Gasteiger partial charge in [-0.05, 0) is 26.0 Å². The molecule has 1 aliphatic rings. The van der Waals surface area contributed by atoms with E-state index in [1.807, 2.05) is 0 Å². The number of amides is 1. The van der Waals surface area contributed by atoms with Crippen LogP contribution in [0.5, 0.6) is 0 Å². The summed E-state index contributed by atoms with van der Waals surface area (Å²) in [6.45, 7) is 2.97. The summed E-state index contributed by atoms with van der Waals surface area (Å²) in [5, 5.41) is 10.9. The molecular formula is C10H17NO5S2. The molecule has 1 rings (SSSR count). The number of rotatable bonds is 5. The largest absolute Gasteiger partial charge is 0.479 e. The summed E-state index contributed by atoms with van der Waals surface area (Å²) in [4.78, 5) is 22.8. The summed E-state index contributed by atoms with van der Waals surface area (Å²) in [6.07, 6.45) is 0.320. The summed E-state index contributed by atoms with van der Waals surface area (Å²) in [5.41, 5.74) is -1.31. The Morgan fingerprint density at radius 3 is 2.44 bits per heavy atom. The number of sulfone groups is 1. The maximum absolute atomic E-state index is 11.7. The highest BCUT2D eigenvalue weighted by atomic mass is 32.2. The van der Waals surface area contributed by atoms with Crippen LogP contribution in [0.15, 0.2) is 0 Å². The number of hydrogen-bond acceptors (Lipinski definition) is 5. The monoisotopic (exact) mass is 295 g/mol. The lowest BCUT2D eigenvalue weighted by atomic mass is 9.99. The molecule has 2 N–H and O–H groups in total. The van der Waals surface area contributed by atoms with E-state index in [1.165, 1.54) is 25.6 Å². The quantitative estimate of drug-likeness (QED) is 0.734. The second kappa shape index (κ2) is 5.48. The van der Waals surface area contributed by atoms with E-state index in [4.69, 9.17) is 5.11 Å². The van der Waals surface area contributed by atoms with E-state index in [2.05, 4.69) is 5.32 Å². The summed E-state index contributed by atoms with van der Waals surface area (Å²) < 4.78 is 23.2. The third-order valence-electron chi connectivity index (χ3n) is 2.86. The van der Waals surface area contributed by atoms with Gasteiger partial charge in [0, 0.05) is 5.75 Å². The third-order valence-corrected chi connectivity index (χ3v) is 6.15. The predicted molar refractivity (Wildman–Crippen MR) is 69.4 cm³/mol. The standard InChI is InChI=1S/C10H17NO5S2/c1-7(2)18(15,16)5-8(12)11-10(9(13)14)3-4-17-6-10/h7H,3-6H2,1-2H3,(H,11,12)(H,13,14). The van der Waals surface area contributed by atoms with Crippen LogP contribution in [0.4, 0.5) is 0 Å². The first-order valence-corrected chi connectivity index (χ1v) is 8.40. The van der Waals surface area contributed by atoms with Gasteiger partial charge in [0.1, 0.15) is 11.3 Å². The topological polar surface area (TPSA) is 101 Å². The summed E-state index contributed by atoms with van der Waals surface area (Å²) in [5.74, 6) is -1.60. The van der Waals surface area contributed by atoms with Gasteiger partial charge in [0.2, 0.25) is 5.91 Å². The summed E-state index contributed by atoms with van der Waals surface area (Å²) in [6, 6.07) is 0. The van der Waals surface area contributed by atoms with Gasteiger partial charge in [-0.2, -0.15) is 11.8 Å². The molecule has 1 fully saturated rings. The van der Waals surface area contributed by atoms with E-state index in [0.29, 0.717) is 12.2 Å². The normalized spacial score (nSPS) is 24.2. The molecule has 1 unspecified atom stereocenters. The van der Waals surface area contributed by atoms with Gasteiger partial charge in [0.05, 0.1) is 5.25 Å². The molecule has 0 aliphatic carbocycles. The molecule has 104 valence electrons. The second-order valence-corrected chi connectivity index (χ2v) is 8.26. The van der Waals surface area contributed by atoms with Crippen molar-refractivity contribution in [2.45, 2.75) is 31.1 Å². The number of aliphatic carboxylic acids is 1. The highest BCUT2D eigenvalue weighted by Gasteiger charge is 2.43. The number of carboxylic acids is 1. The molecule has 0 saturated carbocycles. The predicted octanol–water partition coefficient (Wildman–Crippen LogP) is -0.114. The van der Waals surface area contributed by atoms with Gasteiger partial charge in [-0.25, -0.2) is 13.2 Å². The average Bonchev–Trinajstić information content (AvgIpc) is 2.66. The van der Waals surface area contributed by atoms with E-state index in [9.17, 15) is 18.0 Å². The zero-order valence-corrected chi connectivity index (χ0v) is 11.9. The Morgan fingerprint density at radius 1 is 1.44 bits per heavy atom. The Kier molecular flexibility index (Phi) is 4.66. The van der Waals surface area contributed by atoms with Crippen LogP contribution in [0.3, 0.4) is 0 Å². The van der Waals surface area contributed by atoms with Crippen molar-refractivity contribution in [2.75, 3.05) is 17.3 Å². The van der Waals surface area contributed by atoms with E-state index < -0.39 is 38.3 Å². The first kappa shape index (κ1) is 15.3. The molecule has 1 aliphatic heterocycles. The van der Waals surface area contributed by atoms with E-state index in [0.717, 1.165) is 0 Å². The SMILES string of the molecule is CC(C)S(=O)(=O)CC(=O)NC1(C(=O)O)CCSC1. The molecule has 0 aromatic rings. The van der Waals surface area contributed by atoms with Gasteiger partial charge < -0.3 is 10.4 Å². The van der Waals surface area contributed by atoms with E-state index in [-0.39, 0.29) is 5.75 Å². The van der Waals surface area contributed by atoms with Crippen LogP contribution in [0.25, 0.3) is 0 Å². The van der Waals surface area contributed by atoms with Crippen molar-refractivity contribution < 1.29 is 23.1 Å². The van der Waals surface area contributed by atoms with Gasteiger partial charge >= 0.3 is 5.97 Å². The highest BCUT2D eigenvalue weighted by molar-refractivity contribution is 7.99. The maximum atomic E-state index is 11.7. The fourth-order valence-corrected chi connectivity index (χ4v) is 3.63. The average molecular weight is 295 g/mol. The van der Waals surface area contributed by atoms with Crippen LogP contribution >= 0.6 is 11.8 Å². The van der Waals surface area contributed by atoms with Crippen molar-refractivity contribution in [3.05, 3.63) is 0 Å². The summed E-state index contributed by atoms with van der Waals surface area (Å²) >= 11 is 1.43. The first-order chi connectivity index (χ1) is 8.19. The fourth-order valence-electron chi connectivity index (χ4n) is 1.54. The van der Waals surface area contributed by atoms with Crippen molar-refractivity contribution in [3.8, 4) is 0 Å². The molecule has 0 spiro atoms. The van der Waals surface area contributed by atoms with Crippen LogP contribution in [0, 0.1) is 0 Å². The molecule has 0 aromatic heterocycles. The van der Waals surface area contributed by atoms with Crippen molar-refractivity contribution in [1.82, 2.24) is 5.32 Å². The van der Waals surface area contributed by atoms with Crippen LogP contribution in [0.1, 0.15) is 20.3 Å². The van der Waals surface area contributed by atoms with Crippen LogP contribution in [0.2, 0.25) is 0 Å². The number of nitrogens with one attached hydrogen (secondary N) is 1. The van der Waals surface area contributed by atoms with Gasteiger partial charge in [0.25, 0.3) is 0 Å². The van der Waals surface area contributed by atoms with Gasteiger partial charge in [-0.15, -0.1) is 0 Å². The van der Waals surface area contributed by atoms with Crippen molar-refractivity contribution in [1.29, 1.82) is 0 Å². The molecule has 8 heteroatoms.